The molecule has 164 valence electrons. The van der Waals surface area contributed by atoms with Crippen molar-refractivity contribution in [1.29, 1.82) is 0 Å². The highest BCUT2D eigenvalue weighted by Crippen LogP contribution is 2.33. The second-order valence-electron chi connectivity index (χ2n) is 8.92. The van der Waals surface area contributed by atoms with E-state index in [-0.39, 0.29) is 12.0 Å². The maximum atomic E-state index is 12.7. The van der Waals surface area contributed by atoms with E-state index in [1.165, 1.54) is 5.56 Å². The monoisotopic (exact) mass is 421 g/mol. The maximum Gasteiger partial charge on any atom is 0.251 e. The van der Waals surface area contributed by atoms with Crippen LogP contribution in [0.15, 0.2) is 24.4 Å². The van der Waals surface area contributed by atoms with Gasteiger partial charge in [-0.25, -0.2) is 9.97 Å². The van der Waals surface area contributed by atoms with Gasteiger partial charge in [0.2, 0.25) is 0 Å². The number of carbonyl (C=O) groups excluding carboxylic acids is 1. The van der Waals surface area contributed by atoms with Crippen LogP contribution in [-0.4, -0.2) is 58.1 Å². The molecule has 5 heterocycles. The molecule has 31 heavy (non-hydrogen) atoms. The molecular formula is C24H31N5O2. The Hall–Kier alpha value is -2.54. The largest absolute Gasteiger partial charge is 0.368 e. The number of carbonyl (C=O) groups is 1. The van der Waals surface area contributed by atoms with Gasteiger partial charge >= 0.3 is 0 Å². The van der Waals surface area contributed by atoms with E-state index in [4.69, 9.17) is 14.7 Å². The summed E-state index contributed by atoms with van der Waals surface area (Å²) in [7, 11) is 0. The topological polar surface area (TPSA) is 71.5 Å². The Labute approximate surface area is 183 Å². The Balaban J connectivity index is 1.31. The molecule has 3 aliphatic heterocycles. The highest BCUT2D eigenvalue weighted by molar-refractivity contribution is 5.81. The highest BCUT2D eigenvalue weighted by Gasteiger charge is 2.33. The molecule has 0 spiro atoms. The molecule has 0 saturated carbocycles. The van der Waals surface area contributed by atoms with Gasteiger partial charge in [-0.15, -0.1) is 0 Å². The first-order valence-corrected chi connectivity index (χ1v) is 11.6. The Kier molecular flexibility index (Phi) is 5.85. The van der Waals surface area contributed by atoms with Gasteiger partial charge in [0.25, 0.3) is 5.91 Å². The molecule has 0 N–H and O–H groups in total. The first-order chi connectivity index (χ1) is 15.2. The standard InChI is InChI=1S/C24H31N5O2/c1-17-20-7-4-12-29(16-19-6-2-3-11-25-19)23(20)27-22(26-17)18-9-13-28(14-10-18)24(30)21-8-5-15-31-21/h2-3,6,11,18,21H,4-5,7-10,12-16H2,1H3. The fourth-order valence-electron chi connectivity index (χ4n) is 5.07. The van der Waals surface area contributed by atoms with Crippen molar-refractivity contribution in [3.8, 4) is 0 Å². The Morgan fingerprint density at radius 2 is 2.00 bits per heavy atom. The van der Waals surface area contributed by atoms with Crippen molar-refractivity contribution >= 4 is 11.7 Å². The highest BCUT2D eigenvalue weighted by atomic mass is 16.5. The molecule has 1 amide bonds. The number of hydrogen-bond acceptors (Lipinski definition) is 6. The van der Waals surface area contributed by atoms with E-state index < -0.39 is 0 Å². The zero-order valence-electron chi connectivity index (χ0n) is 18.3. The summed E-state index contributed by atoms with van der Waals surface area (Å²) >= 11 is 0. The fourth-order valence-corrected chi connectivity index (χ4v) is 5.07. The van der Waals surface area contributed by atoms with E-state index in [9.17, 15) is 4.79 Å². The number of piperidine rings is 1. The van der Waals surface area contributed by atoms with Gasteiger partial charge in [0.05, 0.1) is 12.2 Å². The first-order valence-electron chi connectivity index (χ1n) is 11.6. The van der Waals surface area contributed by atoms with Crippen LogP contribution >= 0.6 is 0 Å². The molecule has 7 heteroatoms. The Morgan fingerprint density at radius 3 is 2.74 bits per heavy atom. The molecule has 7 nitrogen and oxygen atoms in total. The minimum absolute atomic E-state index is 0.167. The lowest BCUT2D eigenvalue weighted by molar-refractivity contribution is -0.142. The van der Waals surface area contributed by atoms with E-state index in [2.05, 4.69) is 22.9 Å². The van der Waals surface area contributed by atoms with Crippen molar-refractivity contribution in [2.24, 2.45) is 0 Å². The van der Waals surface area contributed by atoms with Gasteiger partial charge in [-0.2, -0.15) is 0 Å². The molecule has 1 atom stereocenters. The summed E-state index contributed by atoms with van der Waals surface area (Å²) in [6.07, 6.45) is 7.46. The summed E-state index contributed by atoms with van der Waals surface area (Å²) in [5.41, 5.74) is 3.44. The third-order valence-electron chi connectivity index (χ3n) is 6.82. The van der Waals surface area contributed by atoms with Gasteiger partial charge in [0, 0.05) is 49.6 Å². The van der Waals surface area contributed by atoms with Crippen molar-refractivity contribution in [3.05, 3.63) is 47.2 Å². The number of ether oxygens (including phenoxy) is 1. The number of aromatic nitrogens is 3. The zero-order chi connectivity index (χ0) is 21.2. The van der Waals surface area contributed by atoms with E-state index in [1.54, 1.807) is 0 Å². The van der Waals surface area contributed by atoms with Crippen molar-refractivity contribution in [2.75, 3.05) is 31.1 Å². The number of anilines is 1. The second kappa shape index (κ2) is 8.91. The van der Waals surface area contributed by atoms with E-state index in [1.807, 2.05) is 23.2 Å². The number of amides is 1. The van der Waals surface area contributed by atoms with Gasteiger partial charge in [0.15, 0.2) is 0 Å². The molecule has 0 aliphatic carbocycles. The predicted octanol–water partition coefficient (Wildman–Crippen LogP) is 3.02. The zero-order valence-corrected chi connectivity index (χ0v) is 18.3. The summed E-state index contributed by atoms with van der Waals surface area (Å²) < 4.78 is 5.59. The molecule has 2 saturated heterocycles. The molecule has 0 aromatic carbocycles. The molecule has 3 aliphatic rings. The summed E-state index contributed by atoms with van der Waals surface area (Å²) in [6.45, 7) is 6.13. The van der Waals surface area contributed by atoms with Crippen molar-refractivity contribution < 1.29 is 9.53 Å². The maximum absolute atomic E-state index is 12.7. The van der Waals surface area contributed by atoms with Crippen LogP contribution in [0, 0.1) is 6.92 Å². The second-order valence-corrected chi connectivity index (χ2v) is 8.92. The molecule has 2 fully saturated rings. The Bertz CT molecular complexity index is 921. The normalized spacial score (nSPS) is 21.9. The molecule has 0 radical (unpaired) electrons. The van der Waals surface area contributed by atoms with Crippen LogP contribution in [0.5, 0.6) is 0 Å². The van der Waals surface area contributed by atoms with Gasteiger partial charge < -0.3 is 14.5 Å². The molecule has 1 unspecified atom stereocenters. The van der Waals surface area contributed by atoms with Crippen LogP contribution < -0.4 is 4.90 Å². The van der Waals surface area contributed by atoms with Gasteiger partial charge in [-0.1, -0.05) is 6.07 Å². The van der Waals surface area contributed by atoms with Crippen LogP contribution in [-0.2, 0) is 22.5 Å². The summed E-state index contributed by atoms with van der Waals surface area (Å²) in [5.74, 6) is 2.49. The lowest BCUT2D eigenvalue weighted by Crippen LogP contribution is -2.43. The average molecular weight is 422 g/mol. The number of aryl methyl sites for hydroxylation is 1. The van der Waals surface area contributed by atoms with Crippen LogP contribution in [0.2, 0.25) is 0 Å². The number of fused-ring (bicyclic) bond motifs is 1. The van der Waals surface area contributed by atoms with Gasteiger partial charge in [0.1, 0.15) is 17.7 Å². The van der Waals surface area contributed by atoms with Crippen LogP contribution in [0.1, 0.15) is 60.8 Å². The van der Waals surface area contributed by atoms with Crippen molar-refractivity contribution in [1.82, 2.24) is 19.9 Å². The lowest BCUT2D eigenvalue weighted by atomic mass is 9.94. The first kappa shape index (κ1) is 20.4. The fraction of sp³-hybridized carbons (Fsp3) is 0.583. The third kappa shape index (κ3) is 4.28. The molecule has 5 rings (SSSR count). The molecule has 0 bridgehead atoms. The van der Waals surface area contributed by atoms with E-state index in [0.717, 1.165) is 87.7 Å². The smallest absolute Gasteiger partial charge is 0.251 e. The SMILES string of the molecule is Cc1nc(C2CCN(C(=O)C3CCCO3)CC2)nc2c1CCCN2Cc1ccccn1. The summed E-state index contributed by atoms with van der Waals surface area (Å²) in [5, 5.41) is 0. The van der Waals surface area contributed by atoms with E-state index >= 15 is 0 Å². The minimum atomic E-state index is -0.223. The number of nitrogens with zero attached hydrogens (tertiary/aromatic N) is 5. The van der Waals surface area contributed by atoms with Gasteiger partial charge in [-0.3, -0.25) is 9.78 Å². The van der Waals surface area contributed by atoms with E-state index in [0.29, 0.717) is 12.5 Å². The van der Waals surface area contributed by atoms with Crippen LogP contribution in [0.4, 0.5) is 5.82 Å². The molecule has 2 aromatic heterocycles. The number of hydrogen-bond donors (Lipinski definition) is 0. The van der Waals surface area contributed by atoms with Crippen molar-refractivity contribution in [2.45, 2.75) is 64.0 Å². The number of likely N-dealkylation sites (tertiary alicyclic amines) is 1. The van der Waals surface area contributed by atoms with Crippen LogP contribution in [0.3, 0.4) is 0 Å². The average Bonchev–Trinajstić information content (AvgIpc) is 3.35. The quantitative estimate of drug-likeness (QED) is 0.756. The third-order valence-corrected chi connectivity index (χ3v) is 6.82. The Morgan fingerprint density at radius 1 is 1.13 bits per heavy atom. The summed E-state index contributed by atoms with van der Waals surface area (Å²) in [4.78, 5) is 31.5. The van der Waals surface area contributed by atoms with Crippen molar-refractivity contribution in [3.63, 3.8) is 0 Å². The lowest BCUT2D eigenvalue weighted by Gasteiger charge is -2.34. The number of pyridine rings is 1. The predicted molar refractivity (Wildman–Crippen MR) is 118 cm³/mol. The summed E-state index contributed by atoms with van der Waals surface area (Å²) in [6, 6.07) is 6.06. The van der Waals surface area contributed by atoms with Crippen LogP contribution in [0.25, 0.3) is 0 Å². The minimum Gasteiger partial charge on any atom is -0.368 e. The van der Waals surface area contributed by atoms with Gasteiger partial charge in [-0.05, 0) is 57.6 Å². The molecule has 2 aromatic rings. The number of rotatable bonds is 4. The molecular weight excluding hydrogens is 390 g/mol.